The Kier molecular flexibility index (Phi) is 5.10. The molecule has 3 atom stereocenters. The predicted molar refractivity (Wildman–Crippen MR) is 63.0 cm³/mol. The highest BCUT2D eigenvalue weighted by Crippen LogP contribution is 2.27. The molecule has 3 heteroatoms. The van der Waals surface area contributed by atoms with Gasteiger partial charge in [-0.15, -0.1) is 0 Å². The highest BCUT2D eigenvalue weighted by atomic mass is 31.1. The van der Waals surface area contributed by atoms with Crippen molar-refractivity contribution in [3.8, 4) is 0 Å². The van der Waals surface area contributed by atoms with Gasteiger partial charge in [0.25, 0.3) is 0 Å². The van der Waals surface area contributed by atoms with Crippen LogP contribution in [0.2, 0.25) is 0 Å². The van der Waals surface area contributed by atoms with Crippen molar-refractivity contribution >= 4 is 8.81 Å². The van der Waals surface area contributed by atoms with Crippen LogP contribution in [0, 0.1) is 0 Å². The van der Waals surface area contributed by atoms with Gasteiger partial charge < -0.3 is 9.84 Å². The van der Waals surface area contributed by atoms with Crippen LogP contribution in [0.4, 0.5) is 0 Å². The molecule has 1 aromatic rings. The fourth-order valence-corrected chi connectivity index (χ4v) is 1.97. The molecule has 0 amide bonds. The van der Waals surface area contributed by atoms with Crippen LogP contribution in [-0.4, -0.2) is 19.8 Å². The lowest BCUT2D eigenvalue weighted by Gasteiger charge is -2.23. The van der Waals surface area contributed by atoms with Gasteiger partial charge in [0.15, 0.2) is 0 Å². The Morgan fingerprint density at radius 3 is 2.43 bits per heavy atom. The smallest absolute Gasteiger partial charge is 0.101 e. The Bertz CT molecular complexity index is 253. The monoisotopic (exact) mass is 211 g/mol. The molecular formula is C11H18NOP. The van der Waals surface area contributed by atoms with E-state index in [0.717, 1.165) is 0 Å². The van der Waals surface area contributed by atoms with Crippen molar-refractivity contribution in [2.24, 2.45) is 0 Å². The average Bonchev–Trinajstić information content (AvgIpc) is 2.26. The van der Waals surface area contributed by atoms with Crippen molar-refractivity contribution in [1.29, 1.82) is 0 Å². The summed E-state index contributed by atoms with van der Waals surface area (Å²) < 4.78 is 5.75. The lowest BCUT2D eigenvalue weighted by molar-refractivity contribution is 0.194. The van der Waals surface area contributed by atoms with Gasteiger partial charge in [0.2, 0.25) is 0 Å². The summed E-state index contributed by atoms with van der Waals surface area (Å²) in [6, 6.07) is 10.7. The third-order valence-electron chi connectivity index (χ3n) is 2.28. The summed E-state index contributed by atoms with van der Waals surface area (Å²) in [6.07, 6.45) is 0.157. The van der Waals surface area contributed by atoms with E-state index in [-0.39, 0.29) is 6.10 Å². The molecule has 0 heterocycles. The molecule has 2 nitrogen and oxygen atoms in total. The molecule has 1 rings (SSSR count). The first-order chi connectivity index (χ1) is 6.79. The molecule has 78 valence electrons. The number of benzene rings is 1. The molecule has 0 aliphatic heterocycles. The largest absolute Gasteiger partial charge is 0.353 e. The number of hydrogen-bond donors (Lipinski definition) is 1. The number of nitrogens with one attached hydrogen (secondary N) is 1. The van der Waals surface area contributed by atoms with E-state index in [2.05, 4.69) is 31.0 Å². The van der Waals surface area contributed by atoms with Crippen LogP contribution < -0.4 is 5.32 Å². The van der Waals surface area contributed by atoms with Gasteiger partial charge in [-0.25, -0.2) is 0 Å². The van der Waals surface area contributed by atoms with E-state index in [1.807, 2.05) is 25.2 Å². The Morgan fingerprint density at radius 2 is 1.93 bits per heavy atom. The van der Waals surface area contributed by atoms with Gasteiger partial charge in [0, 0.05) is 14.8 Å². The molecule has 0 radical (unpaired) electrons. The molecule has 1 unspecified atom stereocenters. The maximum atomic E-state index is 5.75. The van der Waals surface area contributed by atoms with E-state index in [4.69, 9.17) is 4.52 Å². The Balaban J connectivity index is 2.77. The summed E-state index contributed by atoms with van der Waals surface area (Å²) in [4.78, 5) is 0. The molecule has 0 fully saturated rings. The molecule has 0 aliphatic rings. The van der Waals surface area contributed by atoms with Gasteiger partial charge in [-0.05, 0) is 26.2 Å². The summed E-state index contributed by atoms with van der Waals surface area (Å²) in [6.45, 7) is 4.19. The first kappa shape index (κ1) is 11.6. The fourth-order valence-electron chi connectivity index (χ4n) is 1.38. The number of rotatable bonds is 5. The topological polar surface area (TPSA) is 21.3 Å². The first-order valence-corrected chi connectivity index (χ1v) is 6.25. The Morgan fingerprint density at radius 1 is 1.29 bits per heavy atom. The zero-order valence-corrected chi connectivity index (χ0v) is 9.95. The van der Waals surface area contributed by atoms with Gasteiger partial charge in [0.05, 0.1) is 0 Å². The highest BCUT2D eigenvalue weighted by Gasteiger charge is 2.17. The molecule has 1 N–H and O–H groups in total. The molecule has 14 heavy (non-hydrogen) atoms. The summed E-state index contributed by atoms with van der Waals surface area (Å²) in [7, 11) is 2.48. The van der Waals surface area contributed by atoms with Gasteiger partial charge in [-0.1, -0.05) is 30.3 Å². The SMILES string of the molecule is CN[C@@H](C)[C@H](OPC)c1ccccc1. The lowest BCUT2D eigenvalue weighted by atomic mass is 10.0. The third kappa shape index (κ3) is 3.06. The van der Waals surface area contributed by atoms with E-state index in [1.165, 1.54) is 5.56 Å². The number of likely N-dealkylation sites (N-methyl/N-ethyl adjacent to an activating group) is 1. The molecule has 0 aromatic heterocycles. The van der Waals surface area contributed by atoms with Crippen LogP contribution in [0.1, 0.15) is 18.6 Å². The molecule has 0 spiro atoms. The highest BCUT2D eigenvalue weighted by molar-refractivity contribution is 7.31. The van der Waals surface area contributed by atoms with Crippen molar-refractivity contribution in [3.05, 3.63) is 35.9 Å². The van der Waals surface area contributed by atoms with Crippen LogP contribution in [0.3, 0.4) is 0 Å². The summed E-state index contributed by atoms with van der Waals surface area (Å²) in [5.41, 5.74) is 1.24. The first-order valence-electron chi connectivity index (χ1n) is 4.84. The zero-order valence-electron chi connectivity index (χ0n) is 8.95. The van der Waals surface area contributed by atoms with Crippen molar-refractivity contribution in [3.63, 3.8) is 0 Å². The van der Waals surface area contributed by atoms with Crippen LogP contribution in [0.25, 0.3) is 0 Å². The van der Waals surface area contributed by atoms with Crippen LogP contribution >= 0.6 is 8.81 Å². The maximum absolute atomic E-state index is 5.75. The van der Waals surface area contributed by atoms with Crippen molar-refractivity contribution in [2.75, 3.05) is 13.7 Å². The van der Waals surface area contributed by atoms with Crippen molar-refractivity contribution in [1.82, 2.24) is 5.32 Å². The third-order valence-corrected chi connectivity index (χ3v) is 2.77. The fraction of sp³-hybridized carbons (Fsp3) is 0.455. The van der Waals surface area contributed by atoms with Crippen molar-refractivity contribution < 1.29 is 4.52 Å². The average molecular weight is 211 g/mol. The minimum absolute atomic E-state index is 0.157. The second-order valence-electron chi connectivity index (χ2n) is 3.23. The van der Waals surface area contributed by atoms with E-state index < -0.39 is 0 Å². The standard InChI is InChI=1S/C11H18NOP/c1-9(12-2)11(13-14-3)10-7-5-4-6-8-10/h4-9,11-12,14H,1-3H3/t9-,11-/m0/s1. The molecule has 0 saturated carbocycles. The van der Waals surface area contributed by atoms with Crippen LogP contribution in [0.5, 0.6) is 0 Å². The molecule has 1 aromatic carbocycles. The minimum atomic E-state index is 0.157. The zero-order chi connectivity index (χ0) is 10.4. The summed E-state index contributed by atoms with van der Waals surface area (Å²) in [5, 5.41) is 3.23. The van der Waals surface area contributed by atoms with Gasteiger partial charge >= 0.3 is 0 Å². The van der Waals surface area contributed by atoms with Crippen LogP contribution in [-0.2, 0) is 4.52 Å². The second-order valence-corrected chi connectivity index (χ2v) is 3.87. The Labute approximate surface area is 87.9 Å². The number of hydrogen-bond acceptors (Lipinski definition) is 2. The quantitative estimate of drug-likeness (QED) is 0.756. The van der Waals surface area contributed by atoms with Crippen molar-refractivity contribution in [2.45, 2.75) is 19.1 Å². The van der Waals surface area contributed by atoms with Gasteiger partial charge in [0.1, 0.15) is 6.10 Å². The van der Waals surface area contributed by atoms with Gasteiger partial charge in [-0.2, -0.15) is 0 Å². The molecular weight excluding hydrogens is 193 g/mol. The summed E-state index contributed by atoms with van der Waals surface area (Å²) >= 11 is 0. The minimum Gasteiger partial charge on any atom is -0.353 e. The molecule has 0 aliphatic carbocycles. The maximum Gasteiger partial charge on any atom is 0.101 e. The molecule has 0 bridgehead atoms. The van der Waals surface area contributed by atoms with Gasteiger partial charge in [-0.3, -0.25) is 0 Å². The lowest BCUT2D eigenvalue weighted by Crippen LogP contribution is -2.29. The van der Waals surface area contributed by atoms with Crippen LogP contribution in [0.15, 0.2) is 30.3 Å². The summed E-state index contributed by atoms with van der Waals surface area (Å²) in [5.74, 6) is 0. The predicted octanol–water partition coefficient (Wildman–Crippen LogP) is 2.58. The van der Waals surface area contributed by atoms with E-state index in [1.54, 1.807) is 0 Å². The molecule has 0 saturated heterocycles. The van der Waals surface area contributed by atoms with E-state index in [0.29, 0.717) is 14.8 Å². The Hall–Kier alpha value is -0.430. The second kappa shape index (κ2) is 6.13. The van der Waals surface area contributed by atoms with E-state index >= 15 is 0 Å². The van der Waals surface area contributed by atoms with E-state index in [9.17, 15) is 0 Å². The normalized spacial score (nSPS) is 15.9.